The lowest BCUT2D eigenvalue weighted by Crippen LogP contribution is -2.30. The van der Waals surface area contributed by atoms with Crippen molar-refractivity contribution in [3.63, 3.8) is 0 Å². The van der Waals surface area contributed by atoms with E-state index in [4.69, 9.17) is 14.2 Å². The van der Waals surface area contributed by atoms with Gasteiger partial charge in [0, 0.05) is 19.3 Å². The Balaban J connectivity index is 4.57. The summed E-state index contributed by atoms with van der Waals surface area (Å²) in [4.78, 5) is 38.0. The Morgan fingerprint density at radius 3 is 1.08 bits per heavy atom. The van der Waals surface area contributed by atoms with Crippen molar-refractivity contribution in [3.8, 4) is 0 Å². The number of esters is 3. The molecule has 0 spiro atoms. The smallest absolute Gasteiger partial charge is 0.306 e. The van der Waals surface area contributed by atoms with Crippen molar-refractivity contribution in [1.29, 1.82) is 0 Å². The Morgan fingerprint density at radius 1 is 0.333 bits per heavy atom. The lowest BCUT2D eigenvalue weighted by Gasteiger charge is -2.18. The standard InChI is InChI=1S/C60H92O6/c1-4-7-10-13-16-19-22-25-28-30-31-33-35-38-41-44-47-50-53-59(62)65-56-57(55-64-58(61)52-49-46-43-40-37-34-27-24-21-18-15-12-9-6-3)66-60(63)54-51-48-45-42-39-36-32-29-26-23-20-17-14-11-8-5-2/h8-13,16-22,25-31,33-34,36,39,57H,4-7,14-15,23-24,32,35,37-38,40-56H2,1-3H3/b11-8-,12-9-,13-10-,19-16-,20-17-,21-18-,25-22-,29-26-,30-28-,33-31-,34-27-,39-36-. The zero-order valence-corrected chi connectivity index (χ0v) is 41.9. The zero-order valence-electron chi connectivity index (χ0n) is 41.9. The topological polar surface area (TPSA) is 78.9 Å². The molecular formula is C60H92O6. The average Bonchev–Trinajstić information content (AvgIpc) is 3.31. The lowest BCUT2D eigenvalue weighted by molar-refractivity contribution is -0.167. The molecule has 1 unspecified atom stereocenters. The Kier molecular flexibility index (Phi) is 49.1. The van der Waals surface area contributed by atoms with E-state index in [1.165, 1.54) is 6.42 Å². The monoisotopic (exact) mass is 909 g/mol. The van der Waals surface area contributed by atoms with Gasteiger partial charge >= 0.3 is 17.9 Å². The normalized spacial score (nSPS) is 13.3. The first-order valence-electron chi connectivity index (χ1n) is 25.9. The Bertz CT molecular complexity index is 1510. The molecule has 0 N–H and O–H groups in total. The first-order valence-corrected chi connectivity index (χ1v) is 25.9. The van der Waals surface area contributed by atoms with Gasteiger partial charge < -0.3 is 14.2 Å². The molecule has 6 nitrogen and oxygen atoms in total. The molecule has 1 atom stereocenters. The molecule has 0 bridgehead atoms. The highest BCUT2D eigenvalue weighted by Gasteiger charge is 2.19. The van der Waals surface area contributed by atoms with Gasteiger partial charge in [0.1, 0.15) is 13.2 Å². The minimum atomic E-state index is -0.822. The summed E-state index contributed by atoms with van der Waals surface area (Å²) < 4.78 is 16.7. The highest BCUT2D eigenvalue weighted by Crippen LogP contribution is 2.12. The fourth-order valence-electron chi connectivity index (χ4n) is 6.36. The molecule has 66 heavy (non-hydrogen) atoms. The molecule has 0 aliphatic rings. The second-order valence-electron chi connectivity index (χ2n) is 16.4. The summed E-state index contributed by atoms with van der Waals surface area (Å²) in [5, 5.41) is 0. The van der Waals surface area contributed by atoms with E-state index in [-0.39, 0.29) is 37.5 Å². The number of rotatable bonds is 44. The quantitative estimate of drug-likeness (QED) is 0.0199. The number of carbonyl (C=O) groups excluding carboxylic acids is 3. The molecule has 0 radical (unpaired) electrons. The van der Waals surface area contributed by atoms with Gasteiger partial charge in [0.15, 0.2) is 6.10 Å². The van der Waals surface area contributed by atoms with Crippen LogP contribution in [-0.4, -0.2) is 37.2 Å². The fraction of sp³-hybridized carbons (Fsp3) is 0.550. The molecule has 0 aromatic rings. The van der Waals surface area contributed by atoms with E-state index >= 15 is 0 Å². The third kappa shape index (κ3) is 50.3. The van der Waals surface area contributed by atoms with E-state index < -0.39 is 6.10 Å². The maximum atomic E-state index is 12.8. The third-order valence-electron chi connectivity index (χ3n) is 10.2. The minimum Gasteiger partial charge on any atom is -0.462 e. The van der Waals surface area contributed by atoms with Gasteiger partial charge in [0.25, 0.3) is 0 Å². The van der Waals surface area contributed by atoms with E-state index in [9.17, 15) is 14.4 Å². The van der Waals surface area contributed by atoms with Crippen LogP contribution in [0, 0.1) is 0 Å². The highest BCUT2D eigenvalue weighted by atomic mass is 16.6. The second kappa shape index (κ2) is 52.9. The van der Waals surface area contributed by atoms with Crippen LogP contribution in [0.3, 0.4) is 0 Å². The van der Waals surface area contributed by atoms with Gasteiger partial charge in [-0.3, -0.25) is 14.4 Å². The summed E-state index contributed by atoms with van der Waals surface area (Å²) in [5.41, 5.74) is 0. The van der Waals surface area contributed by atoms with Crippen molar-refractivity contribution in [2.45, 2.75) is 200 Å². The van der Waals surface area contributed by atoms with Crippen molar-refractivity contribution < 1.29 is 28.6 Å². The van der Waals surface area contributed by atoms with E-state index in [1.54, 1.807) is 0 Å². The van der Waals surface area contributed by atoms with Gasteiger partial charge in [-0.2, -0.15) is 0 Å². The number of hydrogen-bond donors (Lipinski definition) is 0. The molecule has 0 fully saturated rings. The Morgan fingerprint density at radius 2 is 0.652 bits per heavy atom. The molecule has 0 saturated carbocycles. The number of allylic oxidation sites excluding steroid dienone is 24. The van der Waals surface area contributed by atoms with Crippen LogP contribution in [0.2, 0.25) is 0 Å². The summed E-state index contributed by atoms with van der Waals surface area (Å²) in [6.07, 6.45) is 75.3. The zero-order chi connectivity index (χ0) is 47.9. The van der Waals surface area contributed by atoms with Gasteiger partial charge in [-0.1, -0.05) is 212 Å². The molecule has 0 aliphatic heterocycles. The first-order chi connectivity index (χ1) is 32.5. The van der Waals surface area contributed by atoms with Crippen molar-refractivity contribution >= 4 is 17.9 Å². The third-order valence-corrected chi connectivity index (χ3v) is 10.2. The lowest BCUT2D eigenvalue weighted by atomic mass is 10.1. The summed E-state index contributed by atoms with van der Waals surface area (Å²) in [5.74, 6) is -1.01. The first kappa shape index (κ1) is 61.3. The van der Waals surface area contributed by atoms with Crippen LogP contribution in [0.1, 0.15) is 194 Å². The molecule has 6 heteroatoms. The number of carbonyl (C=O) groups is 3. The fourth-order valence-corrected chi connectivity index (χ4v) is 6.36. The van der Waals surface area contributed by atoms with Crippen LogP contribution in [0.4, 0.5) is 0 Å². The largest absolute Gasteiger partial charge is 0.462 e. The maximum Gasteiger partial charge on any atom is 0.306 e. The van der Waals surface area contributed by atoms with Crippen LogP contribution in [-0.2, 0) is 28.6 Å². The van der Waals surface area contributed by atoms with Gasteiger partial charge in [-0.25, -0.2) is 0 Å². The molecular weight excluding hydrogens is 817 g/mol. The maximum absolute atomic E-state index is 12.8. The van der Waals surface area contributed by atoms with Crippen LogP contribution in [0.5, 0.6) is 0 Å². The summed E-state index contributed by atoms with van der Waals surface area (Å²) >= 11 is 0. The second-order valence-corrected chi connectivity index (χ2v) is 16.4. The summed E-state index contributed by atoms with van der Waals surface area (Å²) in [7, 11) is 0. The van der Waals surface area contributed by atoms with Crippen LogP contribution in [0.25, 0.3) is 0 Å². The number of ether oxygens (including phenoxy) is 3. The van der Waals surface area contributed by atoms with Gasteiger partial charge in [-0.05, 0) is 109 Å². The molecule has 0 heterocycles. The highest BCUT2D eigenvalue weighted by molar-refractivity contribution is 5.71. The Hall–Kier alpha value is -4.71. The van der Waals surface area contributed by atoms with E-state index in [2.05, 4.69) is 130 Å². The van der Waals surface area contributed by atoms with Crippen molar-refractivity contribution in [2.24, 2.45) is 0 Å². The van der Waals surface area contributed by atoms with E-state index in [0.717, 1.165) is 141 Å². The van der Waals surface area contributed by atoms with E-state index in [1.807, 2.05) is 36.5 Å². The van der Waals surface area contributed by atoms with Crippen molar-refractivity contribution in [1.82, 2.24) is 0 Å². The molecule has 0 saturated heterocycles. The molecule has 368 valence electrons. The number of hydrogen-bond acceptors (Lipinski definition) is 6. The van der Waals surface area contributed by atoms with Crippen molar-refractivity contribution in [2.75, 3.05) is 13.2 Å². The number of unbranched alkanes of at least 4 members (excludes halogenated alkanes) is 13. The molecule has 0 amide bonds. The molecule has 0 aromatic heterocycles. The molecule has 0 rings (SSSR count). The van der Waals surface area contributed by atoms with Crippen LogP contribution >= 0.6 is 0 Å². The van der Waals surface area contributed by atoms with Crippen LogP contribution in [0.15, 0.2) is 146 Å². The van der Waals surface area contributed by atoms with Crippen LogP contribution < -0.4 is 0 Å². The van der Waals surface area contributed by atoms with Gasteiger partial charge in [0.2, 0.25) is 0 Å². The predicted molar refractivity (Wildman–Crippen MR) is 283 cm³/mol. The van der Waals surface area contributed by atoms with Gasteiger partial charge in [-0.15, -0.1) is 0 Å². The molecule has 0 aromatic carbocycles. The minimum absolute atomic E-state index is 0.118. The van der Waals surface area contributed by atoms with Gasteiger partial charge in [0.05, 0.1) is 0 Å². The van der Waals surface area contributed by atoms with E-state index in [0.29, 0.717) is 19.3 Å². The van der Waals surface area contributed by atoms with Crippen molar-refractivity contribution in [3.05, 3.63) is 146 Å². The molecule has 0 aliphatic carbocycles. The predicted octanol–water partition coefficient (Wildman–Crippen LogP) is 17.3. The SMILES string of the molecule is CC/C=C\C/C=C\C/C=C\C/C=C\CCCCCC(=O)OC(COC(=O)CCCCCC/C=C\C/C=C\C/C=C\CC)COC(=O)CCCCCCC\C=C/C=C\C=C/C=C\C=C/CCC. The Labute approximate surface area is 404 Å². The summed E-state index contributed by atoms with van der Waals surface area (Å²) in [6, 6.07) is 0. The average molecular weight is 909 g/mol. The summed E-state index contributed by atoms with van der Waals surface area (Å²) in [6.45, 7) is 6.23.